The van der Waals surface area contributed by atoms with Crippen LogP contribution in [0.4, 0.5) is 10.1 Å². The van der Waals surface area contributed by atoms with Crippen LogP contribution < -0.4 is 5.32 Å². The Kier molecular flexibility index (Phi) is 3.40. The lowest BCUT2D eigenvalue weighted by Crippen LogP contribution is -1.97. The molecule has 1 aromatic rings. The SMILES string of the molecule is CC(=O)C=C(C)Nc1ccc(F)cc1. The van der Waals surface area contributed by atoms with Crippen molar-refractivity contribution < 1.29 is 9.18 Å². The van der Waals surface area contributed by atoms with E-state index in [-0.39, 0.29) is 11.6 Å². The van der Waals surface area contributed by atoms with E-state index in [0.29, 0.717) is 0 Å². The van der Waals surface area contributed by atoms with Crippen molar-refractivity contribution in [2.45, 2.75) is 13.8 Å². The Morgan fingerprint density at radius 1 is 1.29 bits per heavy atom. The maximum atomic E-state index is 12.5. The lowest BCUT2D eigenvalue weighted by molar-refractivity contribution is -0.112. The van der Waals surface area contributed by atoms with Gasteiger partial charge in [0.15, 0.2) is 5.78 Å². The summed E-state index contributed by atoms with van der Waals surface area (Å²) in [6.07, 6.45) is 1.49. The molecule has 1 N–H and O–H groups in total. The summed E-state index contributed by atoms with van der Waals surface area (Å²) in [7, 11) is 0. The van der Waals surface area contributed by atoms with E-state index in [1.54, 1.807) is 19.1 Å². The molecule has 0 heterocycles. The molecule has 0 fully saturated rings. The number of allylic oxidation sites excluding steroid dienone is 2. The number of carbonyl (C=O) groups excluding carboxylic acids is 1. The lowest BCUT2D eigenvalue weighted by Gasteiger charge is -2.05. The number of carbonyl (C=O) groups is 1. The summed E-state index contributed by atoms with van der Waals surface area (Å²) in [5.41, 5.74) is 1.51. The third-order valence-corrected chi connectivity index (χ3v) is 1.61. The van der Waals surface area contributed by atoms with Crippen molar-refractivity contribution in [1.82, 2.24) is 0 Å². The van der Waals surface area contributed by atoms with Crippen LogP contribution in [0.15, 0.2) is 36.0 Å². The van der Waals surface area contributed by atoms with Gasteiger partial charge < -0.3 is 5.32 Å². The molecule has 0 atom stereocenters. The number of anilines is 1. The van der Waals surface area contributed by atoms with Crippen LogP contribution >= 0.6 is 0 Å². The second-order valence-corrected chi connectivity index (χ2v) is 3.07. The lowest BCUT2D eigenvalue weighted by atomic mass is 10.3. The van der Waals surface area contributed by atoms with Crippen molar-refractivity contribution in [2.24, 2.45) is 0 Å². The van der Waals surface area contributed by atoms with E-state index >= 15 is 0 Å². The van der Waals surface area contributed by atoms with Crippen LogP contribution in [0.5, 0.6) is 0 Å². The van der Waals surface area contributed by atoms with E-state index in [2.05, 4.69) is 5.32 Å². The molecular formula is C11H12FNO. The van der Waals surface area contributed by atoms with Crippen molar-refractivity contribution in [3.8, 4) is 0 Å². The summed E-state index contributed by atoms with van der Waals surface area (Å²) in [5, 5.41) is 2.97. The van der Waals surface area contributed by atoms with Crippen molar-refractivity contribution in [3.63, 3.8) is 0 Å². The molecule has 14 heavy (non-hydrogen) atoms. The van der Waals surface area contributed by atoms with Crippen LogP contribution in [0.2, 0.25) is 0 Å². The molecular weight excluding hydrogens is 181 g/mol. The molecule has 0 aliphatic rings. The van der Waals surface area contributed by atoms with Crippen LogP contribution in [0.1, 0.15) is 13.8 Å². The van der Waals surface area contributed by atoms with E-state index in [0.717, 1.165) is 11.4 Å². The van der Waals surface area contributed by atoms with E-state index in [1.807, 2.05) is 0 Å². The van der Waals surface area contributed by atoms with Gasteiger partial charge in [-0.1, -0.05) is 0 Å². The van der Waals surface area contributed by atoms with Crippen LogP contribution in [0, 0.1) is 5.82 Å². The fourth-order valence-electron chi connectivity index (χ4n) is 1.10. The quantitative estimate of drug-likeness (QED) is 0.748. The standard InChI is InChI=1S/C11H12FNO/c1-8(7-9(2)14)13-11-5-3-10(12)4-6-11/h3-7,13H,1-2H3. The van der Waals surface area contributed by atoms with Gasteiger partial charge in [0.25, 0.3) is 0 Å². The highest BCUT2D eigenvalue weighted by molar-refractivity contribution is 5.88. The molecule has 0 aliphatic heterocycles. The first kappa shape index (κ1) is 10.4. The highest BCUT2D eigenvalue weighted by Gasteiger charge is 1.94. The smallest absolute Gasteiger partial charge is 0.154 e. The van der Waals surface area contributed by atoms with E-state index in [9.17, 15) is 9.18 Å². The first-order valence-corrected chi connectivity index (χ1v) is 4.29. The minimum atomic E-state index is -0.274. The number of benzene rings is 1. The first-order chi connectivity index (χ1) is 6.58. The van der Waals surface area contributed by atoms with Gasteiger partial charge in [-0.15, -0.1) is 0 Å². The summed E-state index contributed by atoms with van der Waals surface area (Å²) >= 11 is 0. The van der Waals surface area contributed by atoms with Crippen LogP contribution in [0.3, 0.4) is 0 Å². The average Bonchev–Trinajstić information content (AvgIpc) is 2.07. The second-order valence-electron chi connectivity index (χ2n) is 3.07. The van der Waals surface area contributed by atoms with Crippen molar-refractivity contribution >= 4 is 11.5 Å². The molecule has 0 spiro atoms. The summed E-state index contributed by atoms with van der Waals surface area (Å²) in [5.74, 6) is -0.291. The number of ketones is 1. The molecule has 0 unspecified atom stereocenters. The first-order valence-electron chi connectivity index (χ1n) is 4.29. The molecule has 2 nitrogen and oxygen atoms in total. The van der Waals surface area contributed by atoms with Gasteiger partial charge in [0.1, 0.15) is 5.82 Å². The van der Waals surface area contributed by atoms with Crippen LogP contribution in [0.25, 0.3) is 0 Å². The predicted octanol–water partition coefficient (Wildman–Crippen LogP) is 2.73. The summed E-state index contributed by atoms with van der Waals surface area (Å²) in [4.78, 5) is 10.7. The molecule has 74 valence electrons. The van der Waals surface area contributed by atoms with E-state index in [1.165, 1.54) is 25.1 Å². The zero-order valence-electron chi connectivity index (χ0n) is 8.17. The maximum absolute atomic E-state index is 12.5. The van der Waals surface area contributed by atoms with Gasteiger partial charge in [0, 0.05) is 11.4 Å². The van der Waals surface area contributed by atoms with Gasteiger partial charge in [0.2, 0.25) is 0 Å². The minimum Gasteiger partial charge on any atom is -0.359 e. The third kappa shape index (κ3) is 3.39. The zero-order valence-corrected chi connectivity index (χ0v) is 8.17. The predicted molar refractivity (Wildman–Crippen MR) is 54.5 cm³/mol. The van der Waals surface area contributed by atoms with E-state index in [4.69, 9.17) is 0 Å². The molecule has 0 amide bonds. The Balaban J connectivity index is 2.69. The van der Waals surface area contributed by atoms with Gasteiger partial charge in [-0.2, -0.15) is 0 Å². The van der Waals surface area contributed by atoms with Crippen molar-refractivity contribution in [2.75, 3.05) is 5.32 Å². The molecule has 3 heteroatoms. The summed E-state index contributed by atoms with van der Waals surface area (Å²) < 4.78 is 12.5. The van der Waals surface area contributed by atoms with Crippen molar-refractivity contribution in [1.29, 1.82) is 0 Å². The Bertz CT molecular complexity index is 354. The van der Waals surface area contributed by atoms with Crippen molar-refractivity contribution in [3.05, 3.63) is 41.9 Å². The Morgan fingerprint density at radius 2 is 1.86 bits per heavy atom. The molecule has 1 aromatic carbocycles. The molecule has 0 saturated heterocycles. The van der Waals surface area contributed by atoms with Crippen LogP contribution in [-0.2, 0) is 4.79 Å². The molecule has 0 bridgehead atoms. The van der Waals surface area contributed by atoms with Gasteiger partial charge in [0.05, 0.1) is 0 Å². The minimum absolute atomic E-state index is 0.0166. The highest BCUT2D eigenvalue weighted by atomic mass is 19.1. The number of halogens is 1. The topological polar surface area (TPSA) is 29.1 Å². The third-order valence-electron chi connectivity index (χ3n) is 1.61. The molecule has 0 aromatic heterocycles. The van der Waals surface area contributed by atoms with Gasteiger partial charge in [-0.25, -0.2) is 4.39 Å². The largest absolute Gasteiger partial charge is 0.359 e. The second kappa shape index (κ2) is 4.56. The Morgan fingerprint density at radius 3 is 2.36 bits per heavy atom. The maximum Gasteiger partial charge on any atom is 0.154 e. The molecule has 0 aliphatic carbocycles. The van der Waals surface area contributed by atoms with Gasteiger partial charge in [-0.3, -0.25) is 4.79 Å². The average molecular weight is 193 g/mol. The monoisotopic (exact) mass is 193 g/mol. The number of nitrogens with one attached hydrogen (secondary N) is 1. The molecule has 0 saturated carbocycles. The normalized spacial score (nSPS) is 11.2. The summed E-state index contributed by atoms with van der Waals surface area (Å²) in [6, 6.07) is 5.96. The molecule has 1 rings (SSSR count). The summed E-state index contributed by atoms with van der Waals surface area (Å²) in [6.45, 7) is 3.26. The number of hydrogen-bond acceptors (Lipinski definition) is 2. The van der Waals surface area contributed by atoms with E-state index < -0.39 is 0 Å². The zero-order chi connectivity index (χ0) is 10.6. The number of hydrogen-bond donors (Lipinski definition) is 1. The highest BCUT2D eigenvalue weighted by Crippen LogP contribution is 2.10. The Labute approximate surface area is 82.4 Å². The fourth-order valence-corrected chi connectivity index (χ4v) is 1.10. The van der Waals surface area contributed by atoms with Gasteiger partial charge in [-0.05, 0) is 44.2 Å². The van der Waals surface area contributed by atoms with Crippen LogP contribution in [-0.4, -0.2) is 5.78 Å². The van der Waals surface area contributed by atoms with Gasteiger partial charge >= 0.3 is 0 Å². The number of rotatable bonds is 3. The Hall–Kier alpha value is -1.64. The fraction of sp³-hybridized carbons (Fsp3) is 0.182. The molecule has 0 radical (unpaired) electrons.